The van der Waals surface area contributed by atoms with Crippen LogP contribution in [0.4, 0.5) is 10.1 Å². The van der Waals surface area contributed by atoms with E-state index >= 15 is 0 Å². The molecule has 3 aromatic carbocycles. The lowest BCUT2D eigenvalue weighted by Crippen LogP contribution is -2.33. The van der Waals surface area contributed by atoms with Gasteiger partial charge in [-0.05, 0) is 66.9 Å². The summed E-state index contributed by atoms with van der Waals surface area (Å²) in [4.78, 5) is 33.1. The van der Waals surface area contributed by atoms with E-state index in [-0.39, 0.29) is 23.7 Å². The summed E-state index contributed by atoms with van der Waals surface area (Å²) in [5.41, 5.74) is 3.79. The summed E-state index contributed by atoms with van der Waals surface area (Å²) in [6.07, 6.45) is 5.20. The summed E-state index contributed by atoms with van der Waals surface area (Å²) in [5.74, 6) is 0.551. The highest BCUT2D eigenvalue weighted by Crippen LogP contribution is 2.33. The number of nitrogens with zero attached hydrogens (tertiary/aromatic N) is 1. The van der Waals surface area contributed by atoms with Gasteiger partial charge in [0.1, 0.15) is 11.6 Å². The number of carbonyl (C=O) groups excluding carboxylic acids is 2. The second-order valence-electron chi connectivity index (χ2n) is 8.85. The van der Waals surface area contributed by atoms with Gasteiger partial charge < -0.3 is 15.6 Å². The van der Waals surface area contributed by atoms with Crippen molar-refractivity contribution in [1.82, 2.24) is 15.3 Å². The lowest BCUT2D eigenvalue weighted by Gasteiger charge is -2.14. The maximum absolute atomic E-state index is 13.1. The Balaban J connectivity index is 1.28. The van der Waals surface area contributed by atoms with Gasteiger partial charge in [-0.1, -0.05) is 31.1 Å². The first-order valence-corrected chi connectivity index (χ1v) is 11.6. The smallest absolute Gasteiger partial charge is 0.255 e. The minimum absolute atomic E-state index is 0.0143. The van der Waals surface area contributed by atoms with Crippen molar-refractivity contribution >= 4 is 28.5 Å². The molecule has 1 unspecified atom stereocenters. The number of carbonyl (C=O) groups is 2. The zero-order chi connectivity index (χ0) is 24.4. The third-order valence-corrected chi connectivity index (χ3v) is 6.15. The molecule has 0 spiro atoms. The molecule has 0 saturated heterocycles. The van der Waals surface area contributed by atoms with E-state index in [2.05, 4.69) is 27.2 Å². The highest BCUT2D eigenvalue weighted by atomic mass is 19.1. The standard InChI is InChI=1S/C28H25FN4O2/c1-2-22(15-17-3-4-17)30-27(34)19-7-5-18(6-8-19)26-32-24-14-9-20(16-25(24)33-26)28(35)31-23-12-10-21(29)11-13-23/h2,5-14,16-17,22H,1,3-4,15H2,(H,30,34)(H,31,35)(H,32,33). The van der Waals surface area contributed by atoms with E-state index in [1.54, 1.807) is 36.4 Å². The summed E-state index contributed by atoms with van der Waals surface area (Å²) < 4.78 is 13.1. The predicted octanol–water partition coefficient (Wildman–Crippen LogP) is 5.71. The van der Waals surface area contributed by atoms with Crippen molar-refractivity contribution in [3.05, 3.63) is 96.3 Å². The normalized spacial score (nSPS) is 13.9. The lowest BCUT2D eigenvalue weighted by atomic mass is 10.1. The topological polar surface area (TPSA) is 86.9 Å². The fourth-order valence-electron chi connectivity index (χ4n) is 3.98. The van der Waals surface area contributed by atoms with E-state index in [1.165, 1.54) is 37.1 Å². The zero-order valence-electron chi connectivity index (χ0n) is 19.1. The predicted molar refractivity (Wildman–Crippen MR) is 135 cm³/mol. The third-order valence-electron chi connectivity index (χ3n) is 6.15. The van der Waals surface area contributed by atoms with Crippen LogP contribution in [0.1, 0.15) is 40.0 Å². The van der Waals surface area contributed by atoms with E-state index in [9.17, 15) is 14.0 Å². The van der Waals surface area contributed by atoms with Gasteiger partial charge in [0.25, 0.3) is 11.8 Å². The molecule has 1 saturated carbocycles. The van der Waals surface area contributed by atoms with Gasteiger partial charge in [-0.3, -0.25) is 9.59 Å². The average molecular weight is 469 g/mol. The highest BCUT2D eigenvalue weighted by Gasteiger charge is 2.25. The molecule has 5 rings (SSSR count). The highest BCUT2D eigenvalue weighted by molar-refractivity contribution is 6.06. The van der Waals surface area contributed by atoms with Crippen LogP contribution in [0.3, 0.4) is 0 Å². The van der Waals surface area contributed by atoms with Crippen LogP contribution in [0.2, 0.25) is 0 Å². The number of anilines is 1. The molecular weight excluding hydrogens is 443 g/mol. The Morgan fingerprint density at radius 2 is 1.74 bits per heavy atom. The largest absolute Gasteiger partial charge is 0.346 e. The molecule has 0 aliphatic heterocycles. The van der Waals surface area contributed by atoms with Crippen LogP contribution in [0.15, 0.2) is 79.4 Å². The van der Waals surface area contributed by atoms with Gasteiger partial charge >= 0.3 is 0 Å². The number of aromatic amines is 1. The molecule has 1 aliphatic rings. The Kier molecular flexibility index (Phi) is 6.14. The lowest BCUT2D eigenvalue weighted by molar-refractivity contribution is 0.0941. The molecule has 35 heavy (non-hydrogen) atoms. The number of amides is 2. The number of nitrogens with one attached hydrogen (secondary N) is 3. The fraction of sp³-hybridized carbons (Fsp3) is 0.179. The van der Waals surface area contributed by atoms with Crippen molar-refractivity contribution in [3.8, 4) is 11.4 Å². The number of rotatable bonds is 8. The monoisotopic (exact) mass is 468 g/mol. The minimum Gasteiger partial charge on any atom is -0.346 e. The molecule has 0 radical (unpaired) electrons. The second kappa shape index (κ2) is 9.54. The van der Waals surface area contributed by atoms with E-state index < -0.39 is 0 Å². The van der Waals surface area contributed by atoms with Gasteiger partial charge in [-0.2, -0.15) is 0 Å². The van der Waals surface area contributed by atoms with E-state index in [1.807, 2.05) is 12.1 Å². The first-order chi connectivity index (χ1) is 17.0. The molecule has 6 nitrogen and oxygen atoms in total. The molecule has 176 valence electrons. The number of halogens is 1. The number of imidazole rings is 1. The average Bonchev–Trinajstić information content (AvgIpc) is 3.59. The first-order valence-electron chi connectivity index (χ1n) is 11.6. The number of aromatic nitrogens is 2. The number of H-pyrrole nitrogens is 1. The molecule has 1 aromatic heterocycles. The van der Waals surface area contributed by atoms with Gasteiger partial charge in [-0.15, -0.1) is 6.58 Å². The second-order valence-corrected chi connectivity index (χ2v) is 8.85. The SMILES string of the molecule is C=CC(CC1CC1)NC(=O)c1ccc(-c2nc3ccc(C(=O)Nc4ccc(F)cc4)cc3[nH]2)cc1. The number of benzene rings is 3. The molecule has 1 fully saturated rings. The Labute approximate surface area is 202 Å². The van der Waals surface area contributed by atoms with Crippen molar-refractivity contribution < 1.29 is 14.0 Å². The maximum atomic E-state index is 13.1. The molecule has 1 atom stereocenters. The quantitative estimate of drug-likeness (QED) is 0.290. The molecule has 2 amide bonds. The van der Waals surface area contributed by atoms with Crippen molar-refractivity contribution in [3.63, 3.8) is 0 Å². The van der Waals surface area contributed by atoms with Crippen molar-refractivity contribution in [1.29, 1.82) is 0 Å². The Hall–Kier alpha value is -4.26. The molecule has 3 N–H and O–H groups in total. The Morgan fingerprint density at radius 1 is 1.03 bits per heavy atom. The maximum Gasteiger partial charge on any atom is 0.255 e. The summed E-state index contributed by atoms with van der Waals surface area (Å²) in [5, 5.41) is 5.79. The van der Waals surface area contributed by atoms with Crippen LogP contribution in [0.25, 0.3) is 22.4 Å². The first kappa shape index (κ1) is 22.5. The Morgan fingerprint density at radius 3 is 2.43 bits per heavy atom. The molecule has 0 bridgehead atoms. The summed E-state index contributed by atoms with van der Waals surface area (Å²) in [6.45, 7) is 3.84. The van der Waals surface area contributed by atoms with Crippen LogP contribution < -0.4 is 10.6 Å². The summed E-state index contributed by atoms with van der Waals surface area (Å²) in [6, 6.07) is 18.0. The molecule has 4 aromatic rings. The van der Waals surface area contributed by atoms with Gasteiger partial charge in [0.15, 0.2) is 0 Å². The van der Waals surface area contributed by atoms with Gasteiger partial charge in [0.05, 0.1) is 11.0 Å². The molecule has 1 heterocycles. The van der Waals surface area contributed by atoms with Gasteiger partial charge in [-0.25, -0.2) is 9.37 Å². The van der Waals surface area contributed by atoms with Crippen molar-refractivity contribution in [2.75, 3.05) is 5.32 Å². The Bertz CT molecular complexity index is 1390. The minimum atomic E-state index is -0.363. The summed E-state index contributed by atoms with van der Waals surface area (Å²) >= 11 is 0. The molecular formula is C28H25FN4O2. The number of fused-ring (bicyclic) bond motifs is 1. The van der Waals surface area contributed by atoms with Crippen LogP contribution in [-0.2, 0) is 0 Å². The van der Waals surface area contributed by atoms with Crippen molar-refractivity contribution in [2.24, 2.45) is 5.92 Å². The van der Waals surface area contributed by atoms with Crippen LogP contribution in [0.5, 0.6) is 0 Å². The zero-order valence-corrected chi connectivity index (χ0v) is 19.1. The van der Waals surface area contributed by atoms with Crippen LogP contribution >= 0.6 is 0 Å². The third kappa shape index (κ3) is 5.30. The van der Waals surface area contributed by atoms with Gasteiger partial charge in [0.2, 0.25) is 0 Å². The van der Waals surface area contributed by atoms with Crippen molar-refractivity contribution in [2.45, 2.75) is 25.3 Å². The summed E-state index contributed by atoms with van der Waals surface area (Å²) in [7, 11) is 0. The fourth-order valence-corrected chi connectivity index (χ4v) is 3.98. The number of hydrogen-bond acceptors (Lipinski definition) is 3. The van der Waals surface area contributed by atoms with Crippen LogP contribution in [0, 0.1) is 11.7 Å². The van der Waals surface area contributed by atoms with E-state index in [0.29, 0.717) is 39.6 Å². The van der Waals surface area contributed by atoms with E-state index in [0.717, 1.165) is 12.0 Å². The van der Waals surface area contributed by atoms with Crippen LogP contribution in [-0.4, -0.2) is 27.8 Å². The molecule has 1 aliphatic carbocycles. The molecule has 7 heteroatoms. The van der Waals surface area contributed by atoms with Gasteiger partial charge in [0, 0.05) is 28.4 Å². The van der Waals surface area contributed by atoms with E-state index in [4.69, 9.17) is 0 Å². The number of hydrogen-bond donors (Lipinski definition) is 3.